The van der Waals surface area contributed by atoms with E-state index < -0.39 is 0 Å². The number of nitrogens with zero attached hydrogens (tertiary/aromatic N) is 5. The van der Waals surface area contributed by atoms with Crippen molar-refractivity contribution in [3.8, 4) is 6.07 Å². The Morgan fingerprint density at radius 1 is 1.47 bits per heavy atom. The monoisotopic (exact) mass is 257 g/mol. The molecule has 0 radical (unpaired) electrons. The highest BCUT2D eigenvalue weighted by atomic mass is 15.3. The summed E-state index contributed by atoms with van der Waals surface area (Å²) in [6.07, 6.45) is 3.39. The average Bonchev–Trinajstić information content (AvgIpc) is 2.79. The van der Waals surface area contributed by atoms with E-state index in [1.807, 2.05) is 30.8 Å². The first kappa shape index (κ1) is 12.8. The predicted octanol–water partition coefficient (Wildman–Crippen LogP) is 1.66. The zero-order valence-electron chi connectivity index (χ0n) is 11.1. The summed E-state index contributed by atoms with van der Waals surface area (Å²) in [4.78, 5) is 8.35. The highest BCUT2D eigenvalue weighted by Gasteiger charge is 2.08. The first-order valence-corrected chi connectivity index (χ1v) is 5.94. The van der Waals surface area contributed by atoms with Crippen LogP contribution < -0.4 is 10.6 Å². The standard InChI is InChI=1S/C12H15N7/c1-4-19-7-10(8(2)18-19)16-12-15-6-9(5-13)11(14-3)17-12/h6-7H,4H2,1-3H3,(H2,14,15,16,17). The summed E-state index contributed by atoms with van der Waals surface area (Å²) >= 11 is 0. The van der Waals surface area contributed by atoms with E-state index in [0.717, 1.165) is 17.9 Å². The third-order valence-electron chi connectivity index (χ3n) is 2.66. The van der Waals surface area contributed by atoms with Crippen LogP contribution in [0.3, 0.4) is 0 Å². The number of anilines is 3. The van der Waals surface area contributed by atoms with E-state index in [9.17, 15) is 0 Å². The molecule has 2 aromatic heterocycles. The Kier molecular flexibility index (Phi) is 3.61. The summed E-state index contributed by atoms with van der Waals surface area (Å²) in [5.41, 5.74) is 2.14. The zero-order chi connectivity index (χ0) is 13.8. The van der Waals surface area contributed by atoms with Gasteiger partial charge in [-0.2, -0.15) is 15.3 Å². The molecule has 0 aliphatic heterocycles. The molecule has 7 nitrogen and oxygen atoms in total. The van der Waals surface area contributed by atoms with Gasteiger partial charge in [0.15, 0.2) is 0 Å². The third kappa shape index (κ3) is 2.63. The molecule has 0 saturated heterocycles. The van der Waals surface area contributed by atoms with Gasteiger partial charge in [-0.05, 0) is 13.8 Å². The van der Waals surface area contributed by atoms with Crippen molar-refractivity contribution in [3.63, 3.8) is 0 Å². The van der Waals surface area contributed by atoms with Crippen LogP contribution in [-0.4, -0.2) is 26.8 Å². The number of hydrogen-bond donors (Lipinski definition) is 2. The van der Waals surface area contributed by atoms with Crippen molar-refractivity contribution < 1.29 is 0 Å². The van der Waals surface area contributed by atoms with Gasteiger partial charge in [-0.1, -0.05) is 0 Å². The van der Waals surface area contributed by atoms with Crippen molar-refractivity contribution in [1.29, 1.82) is 5.26 Å². The Labute approximate surface area is 111 Å². The summed E-state index contributed by atoms with van der Waals surface area (Å²) in [5.74, 6) is 0.933. The van der Waals surface area contributed by atoms with Crippen LogP contribution in [0.1, 0.15) is 18.2 Å². The SMILES string of the molecule is CCn1cc(Nc2ncc(C#N)c(NC)n2)c(C)n1. The first-order chi connectivity index (χ1) is 9.17. The minimum Gasteiger partial charge on any atom is -0.372 e. The quantitative estimate of drug-likeness (QED) is 0.865. The third-order valence-corrected chi connectivity index (χ3v) is 2.66. The molecule has 2 N–H and O–H groups in total. The Morgan fingerprint density at radius 2 is 2.26 bits per heavy atom. The van der Waals surface area contributed by atoms with Crippen LogP contribution in [0.15, 0.2) is 12.4 Å². The van der Waals surface area contributed by atoms with Crippen LogP contribution in [0.2, 0.25) is 0 Å². The molecule has 2 rings (SSSR count). The van der Waals surface area contributed by atoms with Crippen LogP contribution in [0.25, 0.3) is 0 Å². The fourth-order valence-corrected chi connectivity index (χ4v) is 1.64. The summed E-state index contributed by atoms with van der Waals surface area (Å²) < 4.78 is 1.83. The smallest absolute Gasteiger partial charge is 0.229 e. The van der Waals surface area contributed by atoms with Crippen molar-refractivity contribution in [2.45, 2.75) is 20.4 Å². The van der Waals surface area contributed by atoms with Gasteiger partial charge >= 0.3 is 0 Å². The van der Waals surface area contributed by atoms with Gasteiger partial charge in [-0.3, -0.25) is 4.68 Å². The minimum absolute atomic E-state index is 0.411. The van der Waals surface area contributed by atoms with Crippen LogP contribution in [0.5, 0.6) is 0 Å². The lowest BCUT2D eigenvalue weighted by Crippen LogP contribution is -2.03. The van der Waals surface area contributed by atoms with Gasteiger partial charge in [-0.15, -0.1) is 0 Å². The van der Waals surface area contributed by atoms with E-state index in [1.165, 1.54) is 6.20 Å². The van der Waals surface area contributed by atoms with Crippen LogP contribution in [0, 0.1) is 18.3 Å². The van der Waals surface area contributed by atoms with E-state index in [0.29, 0.717) is 17.3 Å². The Hall–Kier alpha value is -2.62. The predicted molar refractivity (Wildman–Crippen MR) is 72.2 cm³/mol. The molecule has 0 spiro atoms. The minimum atomic E-state index is 0.411. The van der Waals surface area contributed by atoms with E-state index in [-0.39, 0.29) is 0 Å². The van der Waals surface area contributed by atoms with Crippen molar-refractivity contribution in [1.82, 2.24) is 19.7 Å². The number of aryl methyl sites for hydroxylation is 2. The molecular formula is C12H15N7. The summed E-state index contributed by atoms with van der Waals surface area (Å²) in [6.45, 7) is 4.74. The van der Waals surface area contributed by atoms with Crippen LogP contribution in [0.4, 0.5) is 17.5 Å². The molecule has 0 aliphatic carbocycles. The normalized spacial score (nSPS) is 10.0. The molecule has 0 saturated carbocycles. The van der Waals surface area contributed by atoms with Crippen LogP contribution >= 0.6 is 0 Å². The highest BCUT2D eigenvalue weighted by molar-refractivity contribution is 5.59. The van der Waals surface area contributed by atoms with Crippen LogP contribution in [-0.2, 0) is 6.54 Å². The molecule has 0 atom stereocenters. The van der Waals surface area contributed by atoms with Gasteiger partial charge in [0.25, 0.3) is 0 Å². The number of rotatable bonds is 4. The maximum absolute atomic E-state index is 8.91. The molecule has 0 aliphatic rings. The molecule has 0 aromatic carbocycles. The Bertz CT molecular complexity index is 623. The van der Waals surface area contributed by atoms with Gasteiger partial charge in [0, 0.05) is 19.8 Å². The van der Waals surface area contributed by atoms with Gasteiger partial charge in [0.2, 0.25) is 5.95 Å². The second kappa shape index (κ2) is 5.35. The maximum Gasteiger partial charge on any atom is 0.229 e. The molecule has 2 heterocycles. The molecule has 7 heteroatoms. The molecule has 19 heavy (non-hydrogen) atoms. The Morgan fingerprint density at radius 3 is 2.84 bits per heavy atom. The highest BCUT2D eigenvalue weighted by Crippen LogP contribution is 2.19. The topological polar surface area (TPSA) is 91.5 Å². The van der Waals surface area contributed by atoms with E-state index in [4.69, 9.17) is 5.26 Å². The second-order valence-corrected chi connectivity index (χ2v) is 3.93. The van der Waals surface area contributed by atoms with E-state index >= 15 is 0 Å². The summed E-state index contributed by atoms with van der Waals surface area (Å²) in [5, 5.41) is 19.2. The molecular weight excluding hydrogens is 242 g/mol. The van der Waals surface area contributed by atoms with E-state index in [2.05, 4.69) is 25.7 Å². The zero-order valence-corrected chi connectivity index (χ0v) is 11.1. The summed E-state index contributed by atoms with van der Waals surface area (Å²) in [7, 11) is 1.72. The Balaban J connectivity index is 2.28. The lowest BCUT2D eigenvalue weighted by Gasteiger charge is -2.06. The molecule has 0 fully saturated rings. The molecule has 0 bridgehead atoms. The lowest BCUT2D eigenvalue weighted by atomic mass is 10.3. The van der Waals surface area contributed by atoms with Crippen molar-refractivity contribution >= 4 is 17.5 Å². The van der Waals surface area contributed by atoms with Crippen molar-refractivity contribution in [2.75, 3.05) is 17.7 Å². The van der Waals surface area contributed by atoms with Gasteiger partial charge in [0.05, 0.1) is 17.6 Å². The van der Waals surface area contributed by atoms with Gasteiger partial charge < -0.3 is 10.6 Å². The van der Waals surface area contributed by atoms with E-state index in [1.54, 1.807) is 7.05 Å². The largest absolute Gasteiger partial charge is 0.372 e. The fraction of sp³-hybridized carbons (Fsp3) is 0.333. The fourth-order valence-electron chi connectivity index (χ4n) is 1.64. The van der Waals surface area contributed by atoms with Gasteiger partial charge in [0.1, 0.15) is 17.5 Å². The molecule has 0 unspecified atom stereocenters. The second-order valence-electron chi connectivity index (χ2n) is 3.93. The number of aromatic nitrogens is 4. The van der Waals surface area contributed by atoms with Crippen molar-refractivity contribution in [2.24, 2.45) is 0 Å². The maximum atomic E-state index is 8.91. The first-order valence-electron chi connectivity index (χ1n) is 5.94. The number of nitrogens with one attached hydrogen (secondary N) is 2. The van der Waals surface area contributed by atoms with Crippen molar-refractivity contribution in [3.05, 3.63) is 23.7 Å². The molecule has 0 amide bonds. The molecule has 2 aromatic rings. The number of hydrogen-bond acceptors (Lipinski definition) is 6. The number of nitriles is 1. The average molecular weight is 257 g/mol. The molecule has 98 valence electrons. The van der Waals surface area contributed by atoms with Gasteiger partial charge in [-0.25, -0.2) is 4.98 Å². The lowest BCUT2D eigenvalue weighted by molar-refractivity contribution is 0.653. The summed E-state index contributed by atoms with van der Waals surface area (Å²) in [6, 6.07) is 2.03.